The van der Waals surface area contributed by atoms with Crippen molar-refractivity contribution in [3.05, 3.63) is 29.3 Å². The van der Waals surface area contributed by atoms with Gasteiger partial charge in [0, 0.05) is 18.8 Å². The van der Waals surface area contributed by atoms with Crippen molar-refractivity contribution >= 4 is 18.1 Å². The molecule has 19 heavy (non-hydrogen) atoms. The molecule has 0 radical (unpaired) electrons. The van der Waals surface area contributed by atoms with E-state index >= 15 is 0 Å². The summed E-state index contributed by atoms with van der Waals surface area (Å²) in [4.78, 5) is 2.64. The first-order chi connectivity index (χ1) is 8.83. The summed E-state index contributed by atoms with van der Waals surface area (Å²) in [6.07, 6.45) is 5.27. The Kier molecular flexibility index (Phi) is 5.12. The molecule has 0 spiro atoms. The van der Waals surface area contributed by atoms with Crippen LogP contribution in [-0.4, -0.2) is 26.2 Å². The number of aryl methyl sites for hydroxylation is 2. The second-order valence-corrected chi connectivity index (χ2v) is 5.88. The summed E-state index contributed by atoms with van der Waals surface area (Å²) in [5.41, 5.74) is 4.46. The van der Waals surface area contributed by atoms with Gasteiger partial charge >= 0.3 is 0 Å². The molecule has 0 saturated carbocycles. The van der Waals surface area contributed by atoms with Gasteiger partial charge in [-0.2, -0.15) is 0 Å². The van der Waals surface area contributed by atoms with Crippen LogP contribution in [0.15, 0.2) is 18.2 Å². The molecule has 0 atom stereocenters. The van der Waals surface area contributed by atoms with Crippen LogP contribution >= 0.6 is 12.4 Å². The van der Waals surface area contributed by atoms with Crippen molar-refractivity contribution in [3.8, 4) is 0 Å². The Hall–Kier alpha value is -0.730. The molecule has 1 aromatic rings. The van der Waals surface area contributed by atoms with Crippen LogP contribution in [-0.2, 0) is 6.42 Å². The zero-order chi connectivity index (χ0) is 12.4. The molecule has 0 bridgehead atoms. The van der Waals surface area contributed by atoms with E-state index in [9.17, 15) is 0 Å². The highest BCUT2D eigenvalue weighted by molar-refractivity contribution is 5.85. The second kappa shape index (κ2) is 6.62. The minimum Gasteiger partial charge on any atom is -0.371 e. The van der Waals surface area contributed by atoms with Crippen LogP contribution in [0.25, 0.3) is 0 Å². The van der Waals surface area contributed by atoms with Crippen LogP contribution in [0.3, 0.4) is 0 Å². The Morgan fingerprint density at radius 2 is 2.05 bits per heavy atom. The molecule has 0 amide bonds. The number of halogens is 1. The van der Waals surface area contributed by atoms with E-state index < -0.39 is 0 Å². The second-order valence-electron chi connectivity index (χ2n) is 5.88. The Morgan fingerprint density at radius 1 is 1.26 bits per heavy atom. The lowest BCUT2D eigenvalue weighted by Gasteiger charge is -2.35. The van der Waals surface area contributed by atoms with E-state index in [-0.39, 0.29) is 12.4 Å². The molecular formula is C16H25ClN2. The van der Waals surface area contributed by atoms with Crippen molar-refractivity contribution in [2.45, 2.75) is 32.6 Å². The average molecular weight is 281 g/mol. The van der Waals surface area contributed by atoms with Crippen LogP contribution in [0.1, 0.15) is 30.4 Å². The lowest BCUT2D eigenvalue weighted by molar-refractivity contribution is 0.371. The van der Waals surface area contributed by atoms with Gasteiger partial charge < -0.3 is 10.2 Å². The molecule has 0 unspecified atom stereocenters. The molecule has 2 aliphatic rings. The zero-order valence-corrected chi connectivity index (χ0v) is 12.6. The number of benzene rings is 1. The molecule has 1 saturated heterocycles. The van der Waals surface area contributed by atoms with Gasteiger partial charge in [-0.3, -0.25) is 0 Å². The number of nitrogens with one attached hydrogen (secondary N) is 1. The highest BCUT2D eigenvalue weighted by Crippen LogP contribution is 2.29. The molecule has 3 rings (SSSR count). The fourth-order valence-electron chi connectivity index (χ4n) is 3.33. The highest BCUT2D eigenvalue weighted by atomic mass is 35.5. The summed E-state index contributed by atoms with van der Waals surface area (Å²) in [6.45, 7) is 7.13. The van der Waals surface area contributed by atoms with E-state index in [4.69, 9.17) is 0 Å². The molecule has 1 N–H and O–H groups in total. The summed E-state index contributed by atoms with van der Waals surface area (Å²) in [7, 11) is 0. The van der Waals surface area contributed by atoms with Crippen molar-refractivity contribution in [3.63, 3.8) is 0 Å². The quantitative estimate of drug-likeness (QED) is 0.895. The fourth-order valence-corrected chi connectivity index (χ4v) is 3.33. The van der Waals surface area contributed by atoms with Crippen molar-refractivity contribution < 1.29 is 0 Å². The normalized spacial score (nSPS) is 19.7. The Balaban J connectivity index is 0.00000133. The van der Waals surface area contributed by atoms with Crippen molar-refractivity contribution in [2.24, 2.45) is 5.92 Å². The third-order valence-corrected chi connectivity index (χ3v) is 4.39. The van der Waals surface area contributed by atoms with Crippen LogP contribution < -0.4 is 10.2 Å². The molecule has 0 aromatic heterocycles. The topological polar surface area (TPSA) is 15.3 Å². The smallest absolute Gasteiger partial charge is 0.0401 e. The van der Waals surface area contributed by atoms with E-state index in [1.165, 1.54) is 63.1 Å². The van der Waals surface area contributed by atoms with Gasteiger partial charge in [0.2, 0.25) is 0 Å². The molecule has 3 heteroatoms. The van der Waals surface area contributed by atoms with E-state index in [0.29, 0.717) is 0 Å². The summed E-state index contributed by atoms with van der Waals surface area (Å²) < 4.78 is 0. The Labute approximate surface area is 123 Å². The average Bonchev–Trinajstić information content (AvgIpc) is 2.41. The fraction of sp³-hybridized carbons (Fsp3) is 0.625. The summed E-state index contributed by atoms with van der Waals surface area (Å²) >= 11 is 0. The van der Waals surface area contributed by atoms with Crippen LogP contribution in [0.4, 0.5) is 5.69 Å². The largest absolute Gasteiger partial charge is 0.371 e. The molecule has 2 heterocycles. The van der Waals surface area contributed by atoms with Gasteiger partial charge in [0.15, 0.2) is 0 Å². The first-order valence-electron chi connectivity index (χ1n) is 7.38. The Bertz CT molecular complexity index is 413. The van der Waals surface area contributed by atoms with Gasteiger partial charge in [0.05, 0.1) is 0 Å². The summed E-state index contributed by atoms with van der Waals surface area (Å²) in [5, 5.41) is 3.46. The van der Waals surface area contributed by atoms with Crippen LogP contribution in [0, 0.1) is 12.8 Å². The number of piperidine rings is 1. The number of anilines is 1. The van der Waals surface area contributed by atoms with Gasteiger partial charge in [0.1, 0.15) is 0 Å². The van der Waals surface area contributed by atoms with Gasteiger partial charge in [-0.25, -0.2) is 0 Å². The number of hydrogen-bond acceptors (Lipinski definition) is 2. The van der Waals surface area contributed by atoms with Gasteiger partial charge in [0.25, 0.3) is 0 Å². The maximum atomic E-state index is 3.46. The maximum Gasteiger partial charge on any atom is 0.0401 e. The molecule has 2 aliphatic heterocycles. The lowest BCUT2D eigenvalue weighted by atomic mass is 9.94. The maximum absolute atomic E-state index is 3.46. The van der Waals surface area contributed by atoms with E-state index in [2.05, 4.69) is 35.3 Å². The lowest BCUT2D eigenvalue weighted by Crippen LogP contribution is -2.38. The number of fused-ring (bicyclic) bond motifs is 1. The van der Waals surface area contributed by atoms with Crippen molar-refractivity contribution in [1.29, 1.82) is 0 Å². The highest BCUT2D eigenvalue weighted by Gasteiger charge is 2.21. The molecule has 106 valence electrons. The zero-order valence-electron chi connectivity index (χ0n) is 11.8. The monoisotopic (exact) mass is 280 g/mol. The number of hydrogen-bond donors (Lipinski definition) is 1. The molecule has 0 aliphatic carbocycles. The first kappa shape index (κ1) is 14.7. The molecule has 1 fully saturated rings. The van der Waals surface area contributed by atoms with E-state index in [1.54, 1.807) is 5.56 Å². The van der Waals surface area contributed by atoms with Gasteiger partial charge in [-0.05, 0) is 68.8 Å². The predicted octanol–water partition coefficient (Wildman–Crippen LogP) is 3.17. The Morgan fingerprint density at radius 3 is 2.84 bits per heavy atom. The van der Waals surface area contributed by atoms with Crippen LogP contribution in [0.5, 0.6) is 0 Å². The minimum absolute atomic E-state index is 0. The van der Waals surface area contributed by atoms with Crippen LogP contribution in [0.2, 0.25) is 0 Å². The van der Waals surface area contributed by atoms with Gasteiger partial charge in [-0.1, -0.05) is 12.1 Å². The predicted molar refractivity (Wildman–Crippen MR) is 84.6 cm³/mol. The third-order valence-electron chi connectivity index (χ3n) is 4.39. The number of rotatable bonds is 2. The van der Waals surface area contributed by atoms with Crippen molar-refractivity contribution in [1.82, 2.24) is 5.32 Å². The summed E-state index contributed by atoms with van der Waals surface area (Å²) in [5.74, 6) is 0.887. The SMILES string of the molecule is Cc1ccc2c(c1)N(CC1CCNCC1)CCC2.Cl. The van der Waals surface area contributed by atoms with E-state index in [0.717, 1.165) is 5.92 Å². The van der Waals surface area contributed by atoms with Gasteiger partial charge in [-0.15, -0.1) is 12.4 Å². The number of nitrogens with zero attached hydrogens (tertiary/aromatic N) is 1. The molecule has 1 aromatic carbocycles. The third kappa shape index (κ3) is 3.43. The van der Waals surface area contributed by atoms with E-state index in [1.807, 2.05) is 0 Å². The standard InChI is InChI=1S/C16H24N2.ClH/c1-13-4-5-15-3-2-10-18(16(15)11-13)12-14-6-8-17-9-7-14;/h4-5,11,14,17H,2-3,6-10,12H2,1H3;1H. The first-order valence-corrected chi connectivity index (χ1v) is 7.38. The minimum atomic E-state index is 0. The molecule has 2 nitrogen and oxygen atoms in total. The molecular weight excluding hydrogens is 256 g/mol. The van der Waals surface area contributed by atoms with Crippen molar-refractivity contribution in [2.75, 3.05) is 31.1 Å². The summed E-state index contributed by atoms with van der Waals surface area (Å²) in [6, 6.07) is 6.97.